The lowest BCUT2D eigenvalue weighted by Crippen LogP contribution is -2.18. The minimum Gasteiger partial charge on any atom is -0.386 e. The lowest BCUT2D eigenvalue weighted by atomic mass is 10.0. The summed E-state index contributed by atoms with van der Waals surface area (Å²) in [5.74, 6) is -0.539. The van der Waals surface area contributed by atoms with Gasteiger partial charge in [0.05, 0.1) is 27.4 Å². The van der Waals surface area contributed by atoms with E-state index in [1.54, 1.807) is 24.3 Å². The molecule has 0 radical (unpaired) electrons. The molecule has 4 rings (SSSR count). The number of benzene rings is 1. The second-order valence-electron chi connectivity index (χ2n) is 8.87. The molecule has 3 N–H and O–H groups in total. The molecule has 0 saturated heterocycles. The van der Waals surface area contributed by atoms with Gasteiger partial charge in [0.1, 0.15) is 11.6 Å². The van der Waals surface area contributed by atoms with E-state index in [-0.39, 0.29) is 33.8 Å². The SMILES string of the molecule is CC(C)(O)c1ccc(Nc2cc(Nc3ccccc3S(C)(=O)=O)c(C(=O)C3CC3)cn2)nc1F. The first kappa shape index (κ1) is 23.8. The van der Waals surface area contributed by atoms with Crippen molar-refractivity contribution in [3.8, 4) is 0 Å². The molecule has 1 aliphatic rings. The summed E-state index contributed by atoms with van der Waals surface area (Å²) in [6, 6.07) is 10.9. The third kappa shape index (κ3) is 5.23. The number of pyridine rings is 2. The number of hydrogen-bond donors (Lipinski definition) is 3. The van der Waals surface area contributed by atoms with Crippen LogP contribution in [-0.4, -0.2) is 35.5 Å². The molecule has 0 atom stereocenters. The van der Waals surface area contributed by atoms with Crippen molar-refractivity contribution >= 4 is 38.6 Å². The Bertz CT molecular complexity index is 1370. The first-order valence-corrected chi connectivity index (χ1v) is 12.6. The smallest absolute Gasteiger partial charge is 0.220 e. The Kier molecular flexibility index (Phi) is 6.13. The lowest BCUT2D eigenvalue weighted by Gasteiger charge is -2.18. The summed E-state index contributed by atoms with van der Waals surface area (Å²) >= 11 is 0. The molecule has 0 aliphatic heterocycles. The largest absolute Gasteiger partial charge is 0.386 e. The van der Waals surface area contributed by atoms with Crippen LogP contribution in [-0.2, 0) is 15.4 Å². The van der Waals surface area contributed by atoms with Gasteiger partial charge in [-0.25, -0.2) is 18.4 Å². The van der Waals surface area contributed by atoms with Gasteiger partial charge in [0.15, 0.2) is 15.6 Å². The lowest BCUT2D eigenvalue weighted by molar-refractivity contribution is 0.0737. The minimum atomic E-state index is -3.52. The molecule has 10 heteroatoms. The highest BCUT2D eigenvalue weighted by Crippen LogP contribution is 2.36. The van der Waals surface area contributed by atoms with Crippen molar-refractivity contribution in [1.29, 1.82) is 0 Å². The number of rotatable bonds is 8. The molecule has 0 bridgehead atoms. The van der Waals surface area contributed by atoms with Gasteiger partial charge in [-0.3, -0.25) is 4.79 Å². The maximum atomic E-state index is 14.4. The normalized spacial score (nSPS) is 14.0. The zero-order valence-corrected chi connectivity index (χ0v) is 19.8. The standard InChI is InChI=1S/C24H25FN4O4S/c1-24(2,31)16-10-11-20(29-23(16)25)28-21-12-18(15(13-26-21)22(30)14-8-9-14)27-17-6-4-5-7-19(17)34(3,32)33/h4-7,10-14,31H,8-9H2,1-3H3,(H2,26,27,28,29). The van der Waals surface area contributed by atoms with Gasteiger partial charge in [0.25, 0.3) is 0 Å². The van der Waals surface area contributed by atoms with Crippen LogP contribution in [0.2, 0.25) is 0 Å². The molecule has 0 amide bonds. The van der Waals surface area contributed by atoms with E-state index in [0.717, 1.165) is 19.1 Å². The predicted octanol–water partition coefficient (Wildman–Crippen LogP) is 4.33. The van der Waals surface area contributed by atoms with E-state index < -0.39 is 21.4 Å². The summed E-state index contributed by atoms with van der Waals surface area (Å²) in [7, 11) is -3.52. The highest BCUT2D eigenvalue weighted by atomic mass is 32.2. The quantitative estimate of drug-likeness (QED) is 0.319. The van der Waals surface area contributed by atoms with Crippen molar-refractivity contribution < 1.29 is 22.7 Å². The number of carbonyl (C=O) groups is 1. The predicted molar refractivity (Wildman–Crippen MR) is 127 cm³/mol. The average molecular weight is 485 g/mol. The summed E-state index contributed by atoms with van der Waals surface area (Å²) in [6.45, 7) is 2.92. The van der Waals surface area contributed by atoms with Crippen LogP contribution in [0.3, 0.4) is 0 Å². The number of aliphatic hydroxyl groups is 1. The van der Waals surface area contributed by atoms with Gasteiger partial charge in [-0.2, -0.15) is 4.39 Å². The van der Waals surface area contributed by atoms with Crippen LogP contribution in [0.25, 0.3) is 0 Å². The molecule has 2 heterocycles. The fourth-order valence-corrected chi connectivity index (χ4v) is 4.36. The van der Waals surface area contributed by atoms with Crippen molar-refractivity contribution in [3.63, 3.8) is 0 Å². The maximum absolute atomic E-state index is 14.4. The Morgan fingerprint density at radius 2 is 1.79 bits per heavy atom. The van der Waals surface area contributed by atoms with Crippen LogP contribution in [0.1, 0.15) is 42.6 Å². The molecular weight excluding hydrogens is 459 g/mol. The Hall–Kier alpha value is -3.37. The summed E-state index contributed by atoms with van der Waals surface area (Å²) in [6.07, 6.45) is 4.13. The summed E-state index contributed by atoms with van der Waals surface area (Å²) < 4.78 is 38.8. The monoisotopic (exact) mass is 484 g/mol. The van der Waals surface area contributed by atoms with E-state index >= 15 is 0 Å². The number of hydrogen-bond acceptors (Lipinski definition) is 8. The van der Waals surface area contributed by atoms with E-state index in [4.69, 9.17) is 0 Å². The highest BCUT2D eigenvalue weighted by Gasteiger charge is 2.32. The van der Waals surface area contributed by atoms with Crippen LogP contribution in [0.4, 0.5) is 27.4 Å². The van der Waals surface area contributed by atoms with Crippen molar-refractivity contribution in [2.45, 2.75) is 37.2 Å². The fraction of sp³-hybridized carbons (Fsp3) is 0.292. The van der Waals surface area contributed by atoms with Crippen molar-refractivity contribution in [2.24, 2.45) is 5.92 Å². The van der Waals surface area contributed by atoms with Crippen molar-refractivity contribution in [3.05, 3.63) is 65.7 Å². The van der Waals surface area contributed by atoms with Crippen LogP contribution in [0.5, 0.6) is 0 Å². The number of anilines is 4. The van der Waals surface area contributed by atoms with Crippen LogP contribution < -0.4 is 10.6 Å². The Morgan fingerprint density at radius 3 is 2.41 bits per heavy atom. The molecule has 8 nitrogen and oxygen atoms in total. The van der Waals surface area contributed by atoms with E-state index in [1.165, 1.54) is 38.2 Å². The van der Waals surface area contributed by atoms with Gasteiger partial charge in [0.2, 0.25) is 5.95 Å². The molecule has 0 unspecified atom stereocenters. The van der Waals surface area contributed by atoms with E-state index in [9.17, 15) is 22.7 Å². The van der Waals surface area contributed by atoms with Gasteiger partial charge in [-0.05, 0) is 51.0 Å². The number of nitrogens with one attached hydrogen (secondary N) is 2. The van der Waals surface area contributed by atoms with Crippen LogP contribution in [0.15, 0.2) is 53.6 Å². The molecule has 3 aromatic rings. The number of para-hydroxylation sites is 1. The third-order valence-corrected chi connectivity index (χ3v) is 6.59. The zero-order chi connectivity index (χ0) is 24.7. The van der Waals surface area contributed by atoms with E-state index in [2.05, 4.69) is 20.6 Å². The second-order valence-corrected chi connectivity index (χ2v) is 10.9. The van der Waals surface area contributed by atoms with Crippen molar-refractivity contribution in [2.75, 3.05) is 16.9 Å². The van der Waals surface area contributed by atoms with Gasteiger partial charge in [-0.15, -0.1) is 0 Å². The molecular formula is C24H25FN4O4S. The molecule has 2 aromatic heterocycles. The number of Topliss-reactive ketones (excluding diaryl/α,β-unsaturated/α-hetero) is 1. The van der Waals surface area contributed by atoms with Crippen LogP contribution >= 0.6 is 0 Å². The van der Waals surface area contributed by atoms with Gasteiger partial charge < -0.3 is 15.7 Å². The molecule has 0 spiro atoms. The van der Waals surface area contributed by atoms with E-state index in [0.29, 0.717) is 16.9 Å². The fourth-order valence-electron chi connectivity index (χ4n) is 3.52. The van der Waals surface area contributed by atoms with Gasteiger partial charge >= 0.3 is 0 Å². The average Bonchev–Trinajstić information content (AvgIpc) is 3.58. The number of halogens is 1. The first-order valence-electron chi connectivity index (χ1n) is 10.7. The number of sulfone groups is 1. The van der Waals surface area contributed by atoms with Gasteiger partial charge in [-0.1, -0.05) is 12.1 Å². The zero-order valence-electron chi connectivity index (χ0n) is 19.0. The minimum absolute atomic E-state index is 0.0520. The first-order chi connectivity index (χ1) is 15.9. The highest BCUT2D eigenvalue weighted by molar-refractivity contribution is 7.90. The molecule has 34 heavy (non-hydrogen) atoms. The van der Waals surface area contributed by atoms with E-state index in [1.807, 2.05) is 0 Å². The molecule has 1 fully saturated rings. The third-order valence-electron chi connectivity index (χ3n) is 5.44. The Labute approximate surface area is 197 Å². The van der Waals surface area contributed by atoms with Gasteiger partial charge in [0, 0.05) is 30.0 Å². The number of ketones is 1. The van der Waals surface area contributed by atoms with Crippen molar-refractivity contribution in [1.82, 2.24) is 9.97 Å². The molecule has 1 saturated carbocycles. The Balaban J connectivity index is 1.70. The second kappa shape index (κ2) is 8.77. The summed E-state index contributed by atoms with van der Waals surface area (Å²) in [4.78, 5) is 21.1. The Morgan fingerprint density at radius 1 is 1.09 bits per heavy atom. The molecule has 1 aromatic carbocycles. The summed E-state index contributed by atoms with van der Waals surface area (Å²) in [5, 5.41) is 16.0. The summed E-state index contributed by atoms with van der Waals surface area (Å²) in [5.41, 5.74) is -0.295. The molecule has 1 aliphatic carbocycles. The number of carbonyl (C=O) groups excluding carboxylic acids is 1. The maximum Gasteiger partial charge on any atom is 0.220 e. The topological polar surface area (TPSA) is 121 Å². The number of aromatic nitrogens is 2. The van der Waals surface area contributed by atoms with Crippen LogP contribution in [0, 0.1) is 11.9 Å². The number of nitrogens with zero attached hydrogens (tertiary/aromatic N) is 2. The molecule has 178 valence electrons.